The molecule has 4 aromatic carbocycles. The molecule has 4 N–H and O–H groups in total. The van der Waals surface area contributed by atoms with Gasteiger partial charge in [-0.2, -0.15) is 0 Å². The van der Waals surface area contributed by atoms with Gasteiger partial charge in [0.05, 0.1) is 32.7 Å². The minimum absolute atomic E-state index is 0.0589. The molecule has 50 heavy (non-hydrogen) atoms. The molecule has 0 aliphatic rings. The van der Waals surface area contributed by atoms with E-state index in [2.05, 4.69) is 21.3 Å². The van der Waals surface area contributed by atoms with E-state index in [1.165, 1.54) is 68.7 Å². The number of halogens is 4. The highest BCUT2D eigenvalue weighted by molar-refractivity contribution is 7.91. The maximum absolute atomic E-state index is 12.6. The first-order chi connectivity index (χ1) is 23.5. The van der Waals surface area contributed by atoms with Crippen molar-refractivity contribution in [1.82, 2.24) is 25.1 Å². The van der Waals surface area contributed by atoms with Gasteiger partial charge >= 0.3 is 17.4 Å². The van der Waals surface area contributed by atoms with Gasteiger partial charge in [-0.05, 0) is 96.1 Å². The number of nitrogens with one attached hydrogen (secondary N) is 4. The molecule has 0 atom stereocenters. The van der Waals surface area contributed by atoms with Crippen molar-refractivity contribution in [3.63, 3.8) is 0 Å². The van der Waals surface area contributed by atoms with Crippen LogP contribution in [0.2, 0.25) is 20.1 Å². The number of carbonyl (C=O) groups is 1. The van der Waals surface area contributed by atoms with Crippen molar-refractivity contribution in [2.45, 2.75) is 21.3 Å². The number of carbonyl (C=O) groups excluding carboxylic acids is 1. The molecule has 0 aliphatic carbocycles. The Balaban J connectivity index is 0.000000226. The number of aromatic amines is 1. The molecule has 13 nitrogen and oxygen atoms in total. The molecule has 0 saturated carbocycles. The lowest BCUT2D eigenvalue weighted by Crippen LogP contribution is -2.36. The summed E-state index contributed by atoms with van der Waals surface area (Å²) in [5.41, 5.74) is 5.61. The van der Waals surface area contributed by atoms with Crippen LogP contribution >= 0.6 is 46.4 Å². The van der Waals surface area contributed by atoms with E-state index in [0.717, 1.165) is 9.25 Å². The third-order valence-corrected chi connectivity index (χ3v) is 11.5. The molecule has 2 amide bonds. The molecule has 0 unspecified atom stereocenters. The van der Waals surface area contributed by atoms with Gasteiger partial charge in [0.15, 0.2) is 19.7 Å². The maximum atomic E-state index is 12.6. The van der Waals surface area contributed by atoms with Gasteiger partial charge in [-0.25, -0.2) is 45.6 Å². The Morgan fingerprint density at radius 1 is 0.720 bits per heavy atom. The van der Waals surface area contributed by atoms with Crippen molar-refractivity contribution >= 4 is 77.8 Å². The number of hydrazine groups is 1. The largest absolute Gasteiger partial charge is 0.351 e. The van der Waals surface area contributed by atoms with E-state index in [-0.39, 0.29) is 21.3 Å². The standard InChI is InChI=1S/C16H13Cl2N3O4S.C15H15Cl2N3O3S/c1-20-15(22)19-21(16(20)23)12-3-5-13(6-4-12)26(24,25)9-10-8-11(17)2-7-14(10)18;1-18-15(21)20-19-12-3-5-13(6-4-12)24(22,23)9-10-8-11(16)2-7-14(10)17/h2-8H,9H2,1H3,(H,19,22);2-8,19H,9H2,1H3,(H2,18,20,21). The lowest BCUT2D eigenvalue weighted by Gasteiger charge is -2.10. The van der Waals surface area contributed by atoms with Crippen LogP contribution in [0.1, 0.15) is 11.1 Å². The molecule has 1 aromatic heterocycles. The Hall–Kier alpha value is -4.25. The van der Waals surface area contributed by atoms with Gasteiger partial charge in [-0.1, -0.05) is 46.4 Å². The van der Waals surface area contributed by atoms with Crippen LogP contribution in [0.15, 0.2) is 104 Å². The topological polar surface area (TPSA) is 181 Å². The van der Waals surface area contributed by atoms with Crippen LogP contribution in [0.25, 0.3) is 5.69 Å². The van der Waals surface area contributed by atoms with Crippen molar-refractivity contribution in [3.05, 3.63) is 137 Å². The minimum atomic E-state index is -3.67. The number of aromatic nitrogens is 3. The van der Waals surface area contributed by atoms with Crippen molar-refractivity contribution < 1.29 is 21.6 Å². The number of urea groups is 1. The van der Waals surface area contributed by atoms with Crippen molar-refractivity contribution in [1.29, 1.82) is 0 Å². The zero-order valence-corrected chi connectivity index (χ0v) is 30.7. The van der Waals surface area contributed by atoms with Gasteiger partial charge in [0.2, 0.25) is 0 Å². The third kappa shape index (κ3) is 9.71. The molecule has 0 radical (unpaired) electrons. The Kier molecular flexibility index (Phi) is 12.5. The Bertz CT molecular complexity index is 2360. The number of benzene rings is 4. The van der Waals surface area contributed by atoms with Gasteiger partial charge < -0.3 is 5.32 Å². The summed E-state index contributed by atoms with van der Waals surface area (Å²) in [7, 11) is -4.43. The van der Waals surface area contributed by atoms with Crippen LogP contribution in [0.5, 0.6) is 0 Å². The lowest BCUT2D eigenvalue weighted by atomic mass is 10.2. The maximum Gasteiger partial charge on any atom is 0.351 e. The summed E-state index contributed by atoms with van der Waals surface area (Å²) in [6.07, 6.45) is 0. The van der Waals surface area contributed by atoms with Crippen LogP contribution in [0, 0.1) is 0 Å². The number of anilines is 1. The van der Waals surface area contributed by atoms with Crippen molar-refractivity contribution in [3.8, 4) is 5.69 Å². The van der Waals surface area contributed by atoms with E-state index >= 15 is 0 Å². The fraction of sp³-hybridized carbons (Fsp3) is 0.129. The van der Waals surface area contributed by atoms with Crippen LogP contribution in [0.3, 0.4) is 0 Å². The summed E-state index contributed by atoms with van der Waals surface area (Å²) in [5.74, 6) is -0.566. The number of rotatable bonds is 9. The highest BCUT2D eigenvalue weighted by atomic mass is 35.5. The van der Waals surface area contributed by atoms with Crippen LogP contribution in [-0.2, 0) is 38.2 Å². The highest BCUT2D eigenvalue weighted by Gasteiger charge is 2.19. The first-order valence-corrected chi connectivity index (χ1v) is 19.0. The molecule has 0 spiro atoms. The molecule has 19 heteroatoms. The molecule has 0 aliphatic heterocycles. The van der Waals surface area contributed by atoms with E-state index in [1.54, 1.807) is 30.3 Å². The van der Waals surface area contributed by atoms with Crippen molar-refractivity contribution in [2.24, 2.45) is 7.05 Å². The smallest absolute Gasteiger partial charge is 0.340 e. The minimum Gasteiger partial charge on any atom is -0.340 e. The third-order valence-electron chi connectivity index (χ3n) is 6.91. The zero-order valence-electron chi connectivity index (χ0n) is 26.1. The summed E-state index contributed by atoms with van der Waals surface area (Å²) < 4.78 is 52.1. The summed E-state index contributed by atoms with van der Waals surface area (Å²) >= 11 is 23.8. The SMILES string of the molecule is CNC(=O)NNc1ccc(S(=O)(=O)Cc2cc(Cl)ccc2Cl)cc1.Cn1c(=O)[nH]n(-c2ccc(S(=O)(=O)Cc3cc(Cl)ccc3Cl)cc2)c1=O. The summed E-state index contributed by atoms with van der Waals surface area (Å²) in [5, 5.41) is 6.21. The summed E-state index contributed by atoms with van der Waals surface area (Å²) in [6, 6.07) is 20.5. The molecular formula is C31H28Cl4N6O7S2. The second kappa shape index (κ2) is 16.2. The molecule has 0 saturated heterocycles. The van der Waals surface area contributed by atoms with Crippen LogP contribution in [0.4, 0.5) is 10.5 Å². The van der Waals surface area contributed by atoms with E-state index in [4.69, 9.17) is 46.4 Å². The van der Waals surface area contributed by atoms with Gasteiger partial charge in [0.25, 0.3) is 0 Å². The first kappa shape index (κ1) is 38.6. The summed E-state index contributed by atoms with van der Waals surface area (Å²) in [6.45, 7) is 0. The monoisotopic (exact) mass is 800 g/mol. The second-order valence-electron chi connectivity index (χ2n) is 10.4. The molecule has 0 bridgehead atoms. The zero-order chi connectivity index (χ0) is 36.8. The average Bonchev–Trinajstić information content (AvgIpc) is 3.34. The van der Waals surface area contributed by atoms with Gasteiger partial charge in [0.1, 0.15) is 0 Å². The quantitative estimate of drug-likeness (QED) is 0.144. The molecule has 0 fully saturated rings. The van der Waals surface area contributed by atoms with E-state index in [1.807, 2.05) is 0 Å². The van der Waals surface area contributed by atoms with E-state index < -0.39 is 37.1 Å². The number of sulfone groups is 2. The first-order valence-electron chi connectivity index (χ1n) is 14.2. The Morgan fingerprint density at radius 3 is 1.60 bits per heavy atom. The normalized spacial score (nSPS) is 11.3. The number of H-pyrrole nitrogens is 1. The van der Waals surface area contributed by atoms with Crippen LogP contribution in [-0.4, -0.2) is 44.3 Å². The number of amides is 2. The molecular weight excluding hydrogens is 774 g/mol. The average molecular weight is 803 g/mol. The Labute approximate surface area is 306 Å². The fourth-order valence-corrected chi connectivity index (χ4v) is 7.90. The molecule has 264 valence electrons. The number of hydrogen-bond acceptors (Lipinski definition) is 8. The predicted octanol–water partition coefficient (Wildman–Crippen LogP) is 5.37. The number of nitrogens with zero attached hydrogens (tertiary/aromatic N) is 2. The molecule has 5 aromatic rings. The predicted molar refractivity (Wildman–Crippen MR) is 194 cm³/mol. The van der Waals surface area contributed by atoms with Gasteiger partial charge in [-0.3, -0.25) is 10.9 Å². The van der Waals surface area contributed by atoms with Crippen molar-refractivity contribution in [2.75, 3.05) is 12.5 Å². The van der Waals surface area contributed by atoms with Gasteiger partial charge in [-0.15, -0.1) is 0 Å². The van der Waals surface area contributed by atoms with E-state index in [0.29, 0.717) is 42.6 Å². The lowest BCUT2D eigenvalue weighted by molar-refractivity contribution is 0.245. The van der Waals surface area contributed by atoms with Gasteiger partial charge in [0, 0.05) is 34.2 Å². The highest BCUT2D eigenvalue weighted by Crippen LogP contribution is 2.27. The second-order valence-corrected chi connectivity index (χ2v) is 16.1. The summed E-state index contributed by atoms with van der Waals surface area (Å²) in [4.78, 5) is 34.7. The van der Waals surface area contributed by atoms with E-state index in [9.17, 15) is 31.2 Å². The Morgan fingerprint density at radius 2 is 1.18 bits per heavy atom. The molecule has 5 rings (SSSR count). The van der Waals surface area contributed by atoms with Crippen LogP contribution < -0.4 is 27.5 Å². The molecule has 1 heterocycles. The fourth-order valence-electron chi connectivity index (χ4n) is 4.25. The number of hydrogen-bond donors (Lipinski definition) is 4.